The molecule has 2 amide bonds. The van der Waals surface area contributed by atoms with Gasteiger partial charge in [0.1, 0.15) is 17.6 Å². The number of hydrogen-bond donors (Lipinski definition) is 1. The topological polar surface area (TPSA) is 54.7 Å². The van der Waals surface area contributed by atoms with Crippen LogP contribution in [0.1, 0.15) is 41.0 Å². The van der Waals surface area contributed by atoms with Crippen molar-refractivity contribution in [2.24, 2.45) is 0 Å². The SMILES string of the molecule is Cc1cc([C@@H](C)NC(=O)N2CCO[C@H](c3cccs3)C2)c(C)o1. The summed E-state index contributed by atoms with van der Waals surface area (Å²) in [5.74, 6) is 1.72. The van der Waals surface area contributed by atoms with Crippen molar-refractivity contribution in [2.45, 2.75) is 32.9 Å². The molecule has 1 saturated heterocycles. The van der Waals surface area contributed by atoms with Gasteiger partial charge in [-0.15, -0.1) is 11.3 Å². The Morgan fingerprint density at radius 1 is 1.48 bits per heavy atom. The van der Waals surface area contributed by atoms with Crippen molar-refractivity contribution in [3.8, 4) is 0 Å². The van der Waals surface area contributed by atoms with E-state index in [9.17, 15) is 4.79 Å². The molecule has 0 radical (unpaired) electrons. The third-order valence-corrected chi connectivity index (χ3v) is 5.06. The van der Waals surface area contributed by atoms with Crippen LogP contribution >= 0.6 is 11.3 Å². The number of hydrogen-bond acceptors (Lipinski definition) is 4. The molecule has 1 aliphatic heterocycles. The lowest BCUT2D eigenvalue weighted by molar-refractivity contribution is -0.0138. The summed E-state index contributed by atoms with van der Waals surface area (Å²) in [6.07, 6.45) is -0.0253. The molecule has 3 heterocycles. The lowest BCUT2D eigenvalue weighted by atomic mass is 10.1. The molecule has 2 aromatic heterocycles. The molecule has 2 aromatic rings. The van der Waals surface area contributed by atoms with Gasteiger partial charge in [0.15, 0.2) is 0 Å². The zero-order valence-electron chi connectivity index (χ0n) is 13.7. The minimum Gasteiger partial charge on any atom is -0.466 e. The summed E-state index contributed by atoms with van der Waals surface area (Å²) in [6, 6.07) is 5.91. The van der Waals surface area contributed by atoms with Crippen LogP contribution in [0.15, 0.2) is 28.0 Å². The second-order valence-electron chi connectivity index (χ2n) is 5.86. The van der Waals surface area contributed by atoms with Crippen LogP contribution in [-0.4, -0.2) is 30.6 Å². The van der Waals surface area contributed by atoms with Gasteiger partial charge in [0.25, 0.3) is 0 Å². The Kier molecular flexibility index (Phi) is 4.73. The first-order chi connectivity index (χ1) is 11.0. The fourth-order valence-electron chi connectivity index (χ4n) is 2.91. The average molecular weight is 334 g/mol. The van der Waals surface area contributed by atoms with E-state index in [2.05, 4.69) is 11.4 Å². The van der Waals surface area contributed by atoms with Gasteiger partial charge in [0.2, 0.25) is 0 Å². The second-order valence-corrected chi connectivity index (χ2v) is 6.84. The maximum atomic E-state index is 12.5. The van der Waals surface area contributed by atoms with Gasteiger partial charge >= 0.3 is 6.03 Å². The summed E-state index contributed by atoms with van der Waals surface area (Å²) in [5, 5.41) is 5.09. The van der Waals surface area contributed by atoms with Gasteiger partial charge in [-0.25, -0.2) is 4.79 Å². The minimum absolute atomic E-state index is 0.0253. The van der Waals surface area contributed by atoms with E-state index in [1.807, 2.05) is 43.2 Å². The van der Waals surface area contributed by atoms with Gasteiger partial charge in [0.05, 0.1) is 19.2 Å². The highest BCUT2D eigenvalue weighted by Crippen LogP contribution is 2.26. The predicted octanol–water partition coefficient (Wildman–Crippen LogP) is 3.80. The molecule has 0 saturated carbocycles. The van der Waals surface area contributed by atoms with E-state index in [0.717, 1.165) is 22.0 Å². The molecule has 3 rings (SSSR count). The van der Waals surface area contributed by atoms with E-state index in [4.69, 9.17) is 9.15 Å². The predicted molar refractivity (Wildman–Crippen MR) is 89.7 cm³/mol. The average Bonchev–Trinajstić information content (AvgIpc) is 3.17. The monoisotopic (exact) mass is 334 g/mol. The van der Waals surface area contributed by atoms with Gasteiger partial charge in [-0.3, -0.25) is 0 Å². The fourth-order valence-corrected chi connectivity index (χ4v) is 3.68. The number of nitrogens with zero attached hydrogens (tertiary/aromatic N) is 1. The number of nitrogens with one attached hydrogen (secondary N) is 1. The van der Waals surface area contributed by atoms with E-state index in [-0.39, 0.29) is 18.2 Å². The van der Waals surface area contributed by atoms with Gasteiger partial charge < -0.3 is 19.4 Å². The Labute approximate surface area is 140 Å². The first kappa shape index (κ1) is 16.1. The quantitative estimate of drug-likeness (QED) is 0.929. The molecule has 23 heavy (non-hydrogen) atoms. The Balaban J connectivity index is 1.62. The molecule has 0 unspecified atom stereocenters. The molecule has 0 bridgehead atoms. The van der Waals surface area contributed by atoms with Crippen LogP contribution in [0.3, 0.4) is 0 Å². The molecule has 1 N–H and O–H groups in total. The molecule has 1 aliphatic rings. The first-order valence-corrected chi connectivity index (χ1v) is 8.70. The number of urea groups is 1. The number of amides is 2. The van der Waals surface area contributed by atoms with E-state index in [0.29, 0.717) is 19.7 Å². The summed E-state index contributed by atoms with van der Waals surface area (Å²) in [4.78, 5) is 15.5. The largest absolute Gasteiger partial charge is 0.466 e. The molecular weight excluding hydrogens is 312 g/mol. The molecular formula is C17H22N2O3S. The number of ether oxygens (including phenoxy) is 1. The summed E-state index contributed by atoms with van der Waals surface area (Å²) in [5.41, 5.74) is 1.03. The van der Waals surface area contributed by atoms with Crippen LogP contribution in [0.2, 0.25) is 0 Å². The maximum Gasteiger partial charge on any atom is 0.318 e. The van der Waals surface area contributed by atoms with Crippen LogP contribution < -0.4 is 5.32 Å². The fraction of sp³-hybridized carbons (Fsp3) is 0.471. The Morgan fingerprint density at radius 3 is 2.96 bits per heavy atom. The van der Waals surface area contributed by atoms with E-state index >= 15 is 0 Å². The Morgan fingerprint density at radius 2 is 2.30 bits per heavy atom. The molecule has 2 atom stereocenters. The summed E-state index contributed by atoms with van der Waals surface area (Å²) < 4.78 is 11.3. The van der Waals surface area contributed by atoms with Crippen molar-refractivity contribution < 1.29 is 13.9 Å². The van der Waals surface area contributed by atoms with Gasteiger partial charge in [-0.2, -0.15) is 0 Å². The zero-order chi connectivity index (χ0) is 16.4. The van der Waals surface area contributed by atoms with E-state index < -0.39 is 0 Å². The van der Waals surface area contributed by atoms with Gasteiger partial charge in [-0.05, 0) is 38.3 Å². The zero-order valence-corrected chi connectivity index (χ0v) is 14.5. The number of furan rings is 1. The highest BCUT2D eigenvalue weighted by Gasteiger charge is 2.27. The van der Waals surface area contributed by atoms with Crippen molar-refractivity contribution >= 4 is 17.4 Å². The number of carbonyl (C=O) groups is 1. The smallest absolute Gasteiger partial charge is 0.318 e. The third kappa shape index (κ3) is 3.59. The van der Waals surface area contributed by atoms with E-state index in [1.54, 1.807) is 11.3 Å². The van der Waals surface area contributed by atoms with Crippen molar-refractivity contribution in [1.82, 2.24) is 10.2 Å². The first-order valence-electron chi connectivity index (χ1n) is 7.82. The van der Waals surface area contributed by atoms with Crippen molar-refractivity contribution in [3.63, 3.8) is 0 Å². The van der Waals surface area contributed by atoms with Crippen molar-refractivity contribution in [1.29, 1.82) is 0 Å². The Hall–Kier alpha value is -1.79. The molecule has 6 heteroatoms. The normalized spacial score (nSPS) is 19.6. The van der Waals surface area contributed by atoms with Gasteiger partial charge in [0, 0.05) is 17.0 Å². The highest BCUT2D eigenvalue weighted by molar-refractivity contribution is 7.10. The van der Waals surface area contributed by atoms with Crippen LogP contribution in [-0.2, 0) is 4.74 Å². The number of rotatable bonds is 3. The highest BCUT2D eigenvalue weighted by atomic mass is 32.1. The summed E-state index contributed by atoms with van der Waals surface area (Å²) in [6.45, 7) is 7.58. The second kappa shape index (κ2) is 6.76. The number of aryl methyl sites for hydroxylation is 2. The van der Waals surface area contributed by atoms with Crippen LogP contribution in [0.5, 0.6) is 0 Å². The molecule has 0 spiro atoms. The van der Waals surface area contributed by atoms with Crippen LogP contribution in [0.4, 0.5) is 4.79 Å². The number of thiophene rings is 1. The molecule has 1 fully saturated rings. The maximum absolute atomic E-state index is 12.5. The molecule has 124 valence electrons. The lowest BCUT2D eigenvalue weighted by Crippen LogP contribution is -2.47. The lowest BCUT2D eigenvalue weighted by Gasteiger charge is -2.33. The number of morpholine rings is 1. The number of carbonyl (C=O) groups excluding carboxylic acids is 1. The molecule has 0 aromatic carbocycles. The van der Waals surface area contributed by atoms with Crippen molar-refractivity contribution in [3.05, 3.63) is 45.5 Å². The summed E-state index contributed by atoms with van der Waals surface area (Å²) in [7, 11) is 0. The molecule has 5 nitrogen and oxygen atoms in total. The Bertz CT molecular complexity index is 665. The standard InChI is InChI=1S/C17H22N2O3S/c1-11-9-14(13(3)22-11)12(2)18-17(20)19-6-7-21-15(10-19)16-5-4-8-23-16/h4-5,8-9,12,15H,6-7,10H2,1-3H3,(H,18,20)/t12-,15+/m1/s1. The summed E-state index contributed by atoms with van der Waals surface area (Å²) >= 11 is 1.66. The minimum atomic E-state index is -0.0806. The van der Waals surface area contributed by atoms with Crippen LogP contribution in [0.25, 0.3) is 0 Å². The van der Waals surface area contributed by atoms with Crippen molar-refractivity contribution in [2.75, 3.05) is 19.7 Å². The van der Waals surface area contributed by atoms with Gasteiger partial charge in [-0.1, -0.05) is 6.07 Å². The third-order valence-electron chi connectivity index (χ3n) is 4.10. The molecule has 0 aliphatic carbocycles. The van der Waals surface area contributed by atoms with E-state index in [1.165, 1.54) is 0 Å². The van der Waals surface area contributed by atoms with Crippen LogP contribution in [0, 0.1) is 13.8 Å².